The van der Waals surface area contributed by atoms with Crippen LogP contribution in [0.5, 0.6) is 0 Å². The van der Waals surface area contributed by atoms with Gasteiger partial charge in [0.1, 0.15) is 5.82 Å². The lowest BCUT2D eigenvalue weighted by molar-refractivity contribution is 0.0938. The molecule has 3 aromatic carbocycles. The molecule has 1 amide bonds. The van der Waals surface area contributed by atoms with Crippen LogP contribution in [-0.2, 0) is 22.9 Å². The summed E-state index contributed by atoms with van der Waals surface area (Å²) in [5.74, 6) is -0.776. The number of rotatable bonds is 5. The Hall–Kier alpha value is -3.19. The van der Waals surface area contributed by atoms with Crippen LogP contribution in [0.25, 0.3) is 0 Å². The van der Waals surface area contributed by atoms with Gasteiger partial charge in [0.25, 0.3) is 15.9 Å². The van der Waals surface area contributed by atoms with Crippen molar-refractivity contribution >= 4 is 21.6 Å². The zero-order valence-electron chi connectivity index (χ0n) is 15.4. The van der Waals surface area contributed by atoms with Gasteiger partial charge >= 0.3 is 0 Å². The smallest absolute Gasteiger partial charge is 0.261 e. The minimum absolute atomic E-state index is 0.0134. The summed E-state index contributed by atoms with van der Waals surface area (Å²) in [7, 11) is -3.88. The molecule has 2 N–H and O–H groups in total. The van der Waals surface area contributed by atoms with Crippen molar-refractivity contribution in [1.29, 1.82) is 0 Å². The van der Waals surface area contributed by atoms with Crippen molar-refractivity contribution in [3.8, 4) is 0 Å². The van der Waals surface area contributed by atoms with Crippen LogP contribution in [0.1, 0.15) is 21.5 Å². The topological polar surface area (TPSA) is 75.3 Å². The van der Waals surface area contributed by atoms with E-state index in [9.17, 15) is 17.6 Å². The van der Waals surface area contributed by atoms with Crippen molar-refractivity contribution in [2.45, 2.75) is 23.8 Å². The van der Waals surface area contributed by atoms with Crippen molar-refractivity contribution < 1.29 is 17.6 Å². The number of carbonyl (C=O) groups excluding carboxylic acids is 1. The molecule has 0 saturated heterocycles. The van der Waals surface area contributed by atoms with Gasteiger partial charge in [-0.05, 0) is 66.4 Å². The molecule has 0 aromatic heterocycles. The molecule has 5 nitrogen and oxygen atoms in total. The van der Waals surface area contributed by atoms with Crippen molar-refractivity contribution in [2.24, 2.45) is 0 Å². The second kappa shape index (κ2) is 7.67. The third kappa shape index (κ3) is 4.30. The average molecular weight is 410 g/mol. The van der Waals surface area contributed by atoms with Gasteiger partial charge in [-0.25, -0.2) is 12.8 Å². The Bertz CT molecular complexity index is 1140. The molecule has 4 rings (SSSR count). The highest BCUT2D eigenvalue weighted by atomic mass is 32.2. The second-order valence-corrected chi connectivity index (χ2v) is 8.67. The van der Waals surface area contributed by atoms with Crippen LogP contribution in [-0.4, -0.2) is 20.4 Å². The van der Waals surface area contributed by atoms with Gasteiger partial charge in [-0.3, -0.25) is 9.52 Å². The number of halogens is 1. The highest BCUT2D eigenvalue weighted by molar-refractivity contribution is 7.92. The lowest BCUT2D eigenvalue weighted by Gasteiger charge is -2.13. The Morgan fingerprint density at radius 1 is 0.897 bits per heavy atom. The molecule has 0 heterocycles. The molecule has 0 saturated carbocycles. The van der Waals surface area contributed by atoms with E-state index in [0.717, 1.165) is 25.0 Å². The fourth-order valence-corrected chi connectivity index (χ4v) is 4.53. The number of amides is 1. The molecule has 7 heteroatoms. The highest BCUT2D eigenvalue weighted by Crippen LogP contribution is 2.22. The van der Waals surface area contributed by atoms with E-state index >= 15 is 0 Å². The number of carbonyl (C=O) groups is 1. The summed E-state index contributed by atoms with van der Waals surface area (Å²) in [5.41, 5.74) is 3.09. The Morgan fingerprint density at radius 3 is 2.21 bits per heavy atom. The first-order valence-corrected chi connectivity index (χ1v) is 10.7. The Kier molecular flexibility index (Phi) is 5.07. The molecule has 0 bridgehead atoms. The molecule has 3 aromatic rings. The summed E-state index contributed by atoms with van der Waals surface area (Å²) in [5, 5.41) is 3.01. The first kappa shape index (κ1) is 19.1. The van der Waals surface area contributed by atoms with Crippen LogP contribution in [0.15, 0.2) is 77.7 Å². The van der Waals surface area contributed by atoms with Gasteiger partial charge in [-0.1, -0.05) is 30.3 Å². The van der Waals surface area contributed by atoms with Crippen molar-refractivity contribution in [1.82, 2.24) is 5.32 Å². The van der Waals surface area contributed by atoms with Gasteiger partial charge in [-0.15, -0.1) is 0 Å². The summed E-state index contributed by atoms with van der Waals surface area (Å²) in [6, 6.07) is 18.9. The maximum Gasteiger partial charge on any atom is 0.261 e. The molecule has 0 unspecified atom stereocenters. The first-order valence-electron chi connectivity index (χ1n) is 9.17. The number of fused-ring (bicyclic) bond motifs is 1. The summed E-state index contributed by atoms with van der Waals surface area (Å²) < 4.78 is 40.4. The van der Waals surface area contributed by atoms with Crippen molar-refractivity contribution in [3.05, 3.63) is 95.3 Å². The van der Waals surface area contributed by atoms with Crippen LogP contribution < -0.4 is 10.0 Å². The minimum Gasteiger partial charge on any atom is -0.349 e. The van der Waals surface area contributed by atoms with Crippen LogP contribution in [0.4, 0.5) is 10.1 Å². The molecule has 0 spiro atoms. The predicted octanol–water partition coefficient (Wildman–Crippen LogP) is 3.52. The predicted molar refractivity (Wildman–Crippen MR) is 109 cm³/mol. The summed E-state index contributed by atoms with van der Waals surface area (Å²) in [6.45, 7) is 0. The molecule has 0 radical (unpaired) electrons. The molecular formula is C22H19FN2O3S. The molecule has 0 atom stereocenters. The summed E-state index contributed by atoms with van der Waals surface area (Å²) in [6.07, 6.45) is 1.55. The van der Waals surface area contributed by atoms with E-state index < -0.39 is 15.8 Å². The number of nitrogens with one attached hydrogen (secondary N) is 2. The highest BCUT2D eigenvalue weighted by Gasteiger charge is 2.23. The van der Waals surface area contributed by atoms with Gasteiger partial charge in [0.15, 0.2) is 0 Å². The maximum atomic E-state index is 13.0. The Labute approximate surface area is 168 Å². The lowest BCUT2D eigenvalue weighted by Crippen LogP contribution is -2.35. The van der Waals surface area contributed by atoms with Gasteiger partial charge < -0.3 is 5.32 Å². The molecule has 0 aliphatic heterocycles. The zero-order valence-corrected chi connectivity index (χ0v) is 16.2. The molecule has 1 aliphatic rings. The average Bonchev–Trinajstić information content (AvgIpc) is 3.10. The monoisotopic (exact) mass is 410 g/mol. The maximum absolute atomic E-state index is 13.0. The summed E-state index contributed by atoms with van der Waals surface area (Å²) in [4.78, 5) is 12.6. The van der Waals surface area contributed by atoms with E-state index in [1.54, 1.807) is 18.2 Å². The fourth-order valence-electron chi connectivity index (χ4n) is 3.48. The molecular weight excluding hydrogens is 391 g/mol. The van der Waals surface area contributed by atoms with Gasteiger partial charge in [-0.2, -0.15) is 0 Å². The van der Waals surface area contributed by atoms with Crippen LogP contribution in [0.2, 0.25) is 0 Å². The number of benzene rings is 3. The molecule has 0 fully saturated rings. The van der Waals surface area contributed by atoms with Gasteiger partial charge in [0.05, 0.1) is 4.90 Å². The van der Waals surface area contributed by atoms with E-state index in [1.165, 1.54) is 29.3 Å². The SMILES string of the molecule is O=C(NC1Cc2ccccc2C1)c1cccc(NS(=O)(=O)c2ccc(F)cc2)c1. The minimum atomic E-state index is -3.88. The molecule has 1 aliphatic carbocycles. The molecule has 148 valence electrons. The quantitative estimate of drug-likeness (QED) is 0.676. The molecule has 29 heavy (non-hydrogen) atoms. The van der Waals surface area contributed by atoms with Crippen LogP contribution >= 0.6 is 0 Å². The normalized spacial score (nSPS) is 13.7. The summed E-state index contributed by atoms with van der Waals surface area (Å²) >= 11 is 0. The Balaban J connectivity index is 1.46. The van der Waals surface area contributed by atoms with Gasteiger partial charge in [0.2, 0.25) is 0 Å². The van der Waals surface area contributed by atoms with E-state index in [2.05, 4.69) is 22.2 Å². The van der Waals surface area contributed by atoms with Crippen molar-refractivity contribution in [2.75, 3.05) is 4.72 Å². The number of hydrogen-bond donors (Lipinski definition) is 2. The van der Waals surface area contributed by atoms with E-state index in [0.29, 0.717) is 5.56 Å². The van der Waals surface area contributed by atoms with E-state index in [4.69, 9.17) is 0 Å². The van der Waals surface area contributed by atoms with Crippen LogP contribution in [0.3, 0.4) is 0 Å². The first-order chi connectivity index (χ1) is 13.9. The van der Waals surface area contributed by atoms with Gasteiger partial charge in [0, 0.05) is 17.3 Å². The van der Waals surface area contributed by atoms with E-state index in [-0.39, 0.29) is 22.5 Å². The van der Waals surface area contributed by atoms with Crippen molar-refractivity contribution in [3.63, 3.8) is 0 Å². The number of sulfonamides is 1. The largest absolute Gasteiger partial charge is 0.349 e. The fraction of sp³-hybridized carbons (Fsp3) is 0.136. The lowest BCUT2D eigenvalue weighted by atomic mass is 10.1. The number of hydrogen-bond acceptors (Lipinski definition) is 3. The van der Waals surface area contributed by atoms with Crippen LogP contribution in [0, 0.1) is 5.82 Å². The second-order valence-electron chi connectivity index (χ2n) is 6.99. The number of anilines is 1. The Morgan fingerprint density at radius 2 is 1.55 bits per heavy atom. The third-order valence-electron chi connectivity index (χ3n) is 4.89. The van der Waals surface area contributed by atoms with E-state index in [1.807, 2.05) is 12.1 Å². The zero-order chi connectivity index (χ0) is 20.4. The third-order valence-corrected chi connectivity index (χ3v) is 6.28. The standard InChI is InChI=1S/C22H19FN2O3S/c23-18-8-10-21(11-9-18)29(27,28)25-19-7-3-6-17(14-19)22(26)24-20-12-15-4-1-2-5-16(15)13-20/h1-11,14,20,25H,12-13H2,(H,24,26).